The molecule has 1 saturated heterocycles. The van der Waals surface area contributed by atoms with Gasteiger partial charge in [-0.15, -0.1) is 11.8 Å². The average molecular weight is 375 g/mol. The molecule has 1 amide bonds. The van der Waals surface area contributed by atoms with Gasteiger partial charge < -0.3 is 5.32 Å². The van der Waals surface area contributed by atoms with Gasteiger partial charge in [0.25, 0.3) is 0 Å². The highest BCUT2D eigenvalue weighted by atomic mass is 32.2. The Bertz CT molecular complexity index is 803. The van der Waals surface area contributed by atoms with Crippen LogP contribution < -0.4 is 10.6 Å². The molecule has 2 unspecified atom stereocenters. The molecule has 2 N–H and O–H groups in total. The van der Waals surface area contributed by atoms with Crippen LogP contribution in [0.3, 0.4) is 0 Å². The summed E-state index contributed by atoms with van der Waals surface area (Å²) in [6, 6.07) is 30.8. The molecule has 27 heavy (non-hydrogen) atoms. The molecule has 1 aliphatic heterocycles. The molecular formula is C23H22N2OS. The van der Waals surface area contributed by atoms with Crippen LogP contribution in [0.2, 0.25) is 0 Å². The average Bonchev–Trinajstić information content (AvgIpc) is 2.74. The Morgan fingerprint density at radius 3 is 1.52 bits per heavy atom. The molecule has 0 bridgehead atoms. The maximum absolute atomic E-state index is 12.4. The maximum Gasteiger partial charge on any atom is 0.241 e. The molecule has 3 aromatic rings. The minimum Gasteiger partial charge on any atom is -0.341 e. The SMILES string of the molecule is CSC1NC(=O)C1NC(c1ccccc1)(c1ccccc1)c1ccccc1. The fourth-order valence-electron chi connectivity index (χ4n) is 3.74. The zero-order chi connectivity index (χ0) is 18.7. The smallest absolute Gasteiger partial charge is 0.241 e. The van der Waals surface area contributed by atoms with Crippen LogP contribution in [0.25, 0.3) is 0 Å². The van der Waals surface area contributed by atoms with Gasteiger partial charge in [-0.3, -0.25) is 10.1 Å². The number of benzene rings is 3. The zero-order valence-corrected chi connectivity index (χ0v) is 15.9. The predicted molar refractivity (Wildman–Crippen MR) is 112 cm³/mol. The maximum atomic E-state index is 12.4. The second-order valence-electron chi connectivity index (χ2n) is 6.63. The number of β-lactam (4-membered cyclic amide) rings is 1. The largest absolute Gasteiger partial charge is 0.341 e. The molecule has 0 radical (unpaired) electrons. The van der Waals surface area contributed by atoms with Crippen molar-refractivity contribution in [2.45, 2.75) is 17.0 Å². The third-order valence-electron chi connectivity index (χ3n) is 5.12. The lowest BCUT2D eigenvalue weighted by Crippen LogP contribution is -2.70. The summed E-state index contributed by atoms with van der Waals surface area (Å²) in [6.45, 7) is 0. The van der Waals surface area contributed by atoms with E-state index in [1.165, 1.54) is 0 Å². The molecule has 1 heterocycles. The van der Waals surface area contributed by atoms with Gasteiger partial charge in [-0.05, 0) is 22.9 Å². The number of amides is 1. The van der Waals surface area contributed by atoms with Crippen molar-refractivity contribution in [3.8, 4) is 0 Å². The second kappa shape index (κ2) is 7.59. The van der Waals surface area contributed by atoms with Crippen LogP contribution in [-0.2, 0) is 10.3 Å². The van der Waals surface area contributed by atoms with Crippen LogP contribution in [0.15, 0.2) is 91.0 Å². The van der Waals surface area contributed by atoms with E-state index in [0.717, 1.165) is 16.7 Å². The van der Waals surface area contributed by atoms with Crippen LogP contribution in [0, 0.1) is 0 Å². The van der Waals surface area contributed by atoms with Gasteiger partial charge in [-0.1, -0.05) is 91.0 Å². The predicted octanol–water partition coefficient (Wildman–Crippen LogP) is 3.76. The van der Waals surface area contributed by atoms with Gasteiger partial charge in [0.05, 0.1) is 10.9 Å². The first kappa shape index (κ1) is 17.8. The summed E-state index contributed by atoms with van der Waals surface area (Å²) in [5, 5.41) is 6.78. The van der Waals surface area contributed by atoms with E-state index in [-0.39, 0.29) is 17.3 Å². The van der Waals surface area contributed by atoms with Crippen molar-refractivity contribution in [3.05, 3.63) is 108 Å². The first-order valence-electron chi connectivity index (χ1n) is 9.03. The molecule has 0 spiro atoms. The van der Waals surface area contributed by atoms with Gasteiger partial charge in [0, 0.05) is 0 Å². The lowest BCUT2D eigenvalue weighted by atomic mass is 9.76. The molecule has 4 heteroatoms. The Hall–Kier alpha value is -2.56. The van der Waals surface area contributed by atoms with E-state index in [9.17, 15) is 4.79 Å². The normalized spacial score (nSPS) is 19.2. The third-order valence-corrected chi connectivity index (χ3v) is 6.01. The van der Waals surface area contributed by atoms with E-state index in [0.29, 0.717) is 0 Å². The number of carbonyl (C=O) groups excluding carboxylic acids is 1. The minimum absolute atomic E-state index is 0.0431. The highest BCUT2D eigenvalue weighted by Crippen LogP contribution is 2.38. The Kier molecular flexibility index (Phi) is 5.01. The van der Waals surface area contributed by atoms with E-state index in [2.05, 4.69) is 47.0 Å². The number of hydrogen-bond acceptors (Lipinski definition) is 3. The van der Waals surface area contributed by atoms with E-state index in [1.54, 1.807) is 11.8 Å². The van der Waals surface area contributed by atoms with E-state index >= 15 is 0 Å². The summed E-state index contributed by atoms with van der Waals surface area (Å²) in [5.74, 6) is 0.0431. The highest BCUT2D eigenvalue weighted by Gasteiger charge is 2.46. The molecule has 1 aliphatic rings. The van der Waals surface area contributed by atoms with Gasteiger partial charge in [-0.25, -0.2) is 0 Å². The van der Waals surface area contributed by atoms with Gasteiger partial charge >= 0.3 is 0 Å². The lowest BCUT2D eigenvalue weighted by Gasteiger charge is -2.45. The quantitative estimate of drug-likeness (QED) is 0.510. The van der Waals surface area contributed by atoms with Crippen molar-refractivity contribution in [2.24, 2.45) is 0 Å². The highest BCUT2D eigenvalue weighted by molar-refractivity contribution is 7.99. The summed E-state index contributed by atoms with van der Waals surface area (Å²) >= 11 is 1.66. The Balaban J connectivity index is 1.93. The van der Waals surface area contributed by atoms with Crippen molar-refractivity contribution < 1.29 is 4.79 Å². The van der Waals surface area contributed by atoms with Crippen LogP contribution in [-0.4, -0.2) is 23.6 Å². The number of thioether (sulfide) groups is 1. The van der Waals surface area contributed by atoms with Gasteiger partial charge in [-0.2, -0.15) is 0 Å². The molecule has 2 atom stereocenters. The lowest BCUT2D eigenvalue weighted by molar-refractivity contribution is -0.129. The van der Waals surface area contributed by atoms with Gasteiger partial charge in [0.1, 0.15) is 6.04 Å². The molecular weight excluding hydrogens is 352 g/mol. The van der Waals surface area contributed by atoms with Crippen LogP contribution in [0.5, 0.6) is 0 Å². The standard InChI is InChI=1S/C23H22N2OS/c1-27-22-20(21(26)24-22)25-23(17-11-5-2-6-12-17,18-13-7-3-8-14-18)19-15-9-4-10-16-19/h2-16,20,22,25H,1H3,(H,24,26). The minimum atomic E-state index is -0.611. The second-order valence-corrected chi connectivity index (χ2v) is 7.61. The summed E-state index contributed by atoms with van der Waals surface area (Å²) < 4.78 is 0. The van der Waals surface area contributed by atoms with Crippen molar-refractivity contribution in [1.82, 2.24) is 10.6 Å². The number of rotatable bonds is 6. The molecule has 0 saturated carbocycles. The summed E-state index contributed by atoms with van der Waals surface area (Å²) in [6.07, 6.45) is 2.02. The number of hydrogen-bond donors (Lipinski definition) is 2. The third kappa shape index (κ3) is 3.15. The Morgan fingerprint density at radius 2 is 1.19 bits per heavy atom. The molecule has 4 rings (SSSR count). The summed E-state index contributed by atoms with van der Waals surface area (Å²) in [4.78, 5) is 12.4. The topological polar surface area (TPSA) is 41.1 Å². The first-order valence-corrected chi connectivity index (χ1v) is 10.3. The molecule has 136 valence electrons. The van der Waals surface area contributed by atoms with Crippen molar-refractivity contribution >= 4 is 17.7 Å². The van der Waals surface area contributed by atoms with Gasteiger partial charge in [0.2, 0.25) is 5.91 Å². The molecule has 3 nitrogen and oxygen atoms in total. The number of carbonyl (C=O) groups is 1. The van der Waals surface area contributed by atoms with E-state index in [4.69, 9.17) is 0 Å². The van der Waals surface area contributed by atoms with Crippen molar-refractivity contribution in [3.63, 3.8) is 0 Å². The van der Waals surface area contributed by atoms with E-state index in [1.807, 2.05) is 60.9 Å². The fraction of sp³-hybridized carbons (Fsp3) is 0.174. The van der Waals surface area contributed by atoms with Gasteiger partial charge in [0.15, 0.2) is 0 Å². The van der Waals surface area contributed by atoms with Crippen molar-refractivity contribution in [2.75, 3.05) is 6.26 Å². The molecule has 3 aromatic carbocycles. The molecule has 0 aliphatic carbocycles. The summed E-state index contributed by atoms with van der Waals surface area (Å²) in [7, 11) is 0. The molecule has 1 fully saturated rings. The number of nitrogens with one attached hydrogen (secondary N) is 2. The zero-order valence-electron chi connectivity index (χ0n) is 15.1. The monoisotopic (exact) mass is 374 g/mol. The van der Waals surface area contributed by atoms with Crippen molar-refractivity contribution in [1.29, 1.82) is 0 Å². The summed E-state index contributed by atoms with van der Waals surface area (Å²) in [5.41, 5.74) is 2.73. The fourth-order valence-corrected chi connectivity index (χ4v) is 4.44. The van der Waals surface area contributed by atoms with Crippen LogP contribution >= 0.6 is 11.8 Å². The Morgan fingerprint density at radius 1 is 0.778 bits per heavy atom. The first-order chi connectivity index (χ1) is 13.3. The van der Waals surface area contributed by atoms with E-state index < -0.39 is 5.54 Å². The van der Waals surface area contributed by atoms with Crippen LogP contribution in [0.1, 0.15) is 16.7 Å². The van der Waals surface area contributed by atoms with Crippen LogP contribution in [0.4, 0.5) is 0 Å². The molecule has 0 aromatic heterocycles. The Labute approximate surface area is 164 Å².